The SMILES string of the molecule is NC(CC(=O)O)c1cc(O)cc2c1OCCO2. The molecule has 1 aliphatic rings. The zero-order valence-corrected chi connectivity index (χ0v) is 9.05. The van der Waals surface area contributed by atoms with Crippen LogP contribution < -0.4 is 15.2 Å². The molecule has 0 fully saturated rings. The zero-order valence-electron chi connectivity index (χ0n) is 9.05. The molecular weight excluding hydrogens is 226 g/mol. The van der Waals surface area contributed by atoms with E-state index < -0.39 is 12.0 Å². The normalized spacial score (nSPS) is 15.4. The summed E-state index contributed by atoms with van der Waals surface area (Å²) in [7, 11) is 0. The minimum absolute atomic E-state index is 0.0231. The Morgan fingerprint density at radius 1 is 1.41 bits per heavy atom. The van der Waals surface area contributed by atoms with E-state index in [4.69, 9.17) is 20.3 Å². The van der Waals surface area contributed by atoms with Gasteiger partial charge in [0.2, 0.25) is 0 Å². The molecule has 17 heavy (non-hydrogen) atoms. The molecule has 0 saturated heterocycles. The molecule has 6 heteroatoms. The summed E-state index contributed by atoms with van der Waals surface area (Å²) in [6, 6.07) is 2.09. The van der Waals surface area contributed by atoms with Crippen molar-refractivity contribution in [2.24, 2.45) is 5.73 Å². The van der Waals surface area contributed by atoms with Gasteiger partial charge in [-0.3, -0.25) is 4.79 Å². The maximum absolute atomic E-state index is 10.6. The number of phenols is 1. The fourth-order valence-electron chi connectivity index (χ4n) is 1.74. The first kappa shape index (κ1) is 11.5. The van der Waals surface area contributed by atoms with Gasteiger partial charge in [0.15, 0.2) is 11.5 Å². The van der Waals surface area contributed by atoms with Crippen molar-refractivity contribution in [1.82, 2.24) is 0 Å². The average Bonchev–Trinajstić information content (AvgIpc) is 2.26. The summed E-state index contributed by atoms with van der Waals surface area (Å²) in [6.07, 6.45) is -0.237. The highest BCUT2D eigenvalue weighted by atomic mass is 16.6. The van der Waals surface area contributed by atoms with Crippen LogP contribution in [-0.4, -0.2) is 29.4 Å². The van der Waals surface area contributed by atoms with Gasteiger partial charge in [-0.05, 0) is 6.07 Å². The maximum atomic E-state index is 10.6. The topological polar surface area (TPSA) is 102 Å². The van der Waals surface area contributed by atoms with Crippen molar-refractivity contribution in [3.05, 3.63) is 17.7 Å². The van der Waals surface area contributed by atoms with Crippen molar-refractivity contribution in [3.8, 4) is 17.2 Å². The van der Waals surface area contributed by atoms with Crippen LogP contribution in [0.2, 0.25) is 0 Å². The third kappa shape index (κ3) is 2.42. The summed E-state index contributed by atoms with van der Waals surface area (Å²) in [6.45, 7) is 0.772. The summed E-state index contributed by atoms with van der Waals surface area (Å²) in [5.74, 6) is -0.216. The van der Waals surface area contributed by atoms with Crippen LogP contribution in [0.4, 0.5) is 0 Å². The van der Waals surface area contributed by atoms with E-state index in [0.29, 0.717) is 30.3 Å². The van der Waals surface area contributed by atoms with E-state index in [0.717, 1.165) is 0 Å². The number of rotatable bonds is 3. The number of carboxylic acids is 1. The molecule has 1 atom stereocenters. The Morgan fingerprint density at radius 3 is 2.82 bits per heavy atom. The first-order valence-electron chi connectivity index (χ1n) is 5.18. The fraction of sp³-hybridized carbons (Fsp3) is 0.364. The highest BCUT2D eigenvalue weighted by Crippen LogP contribution is 2.40. The van der Waals surface area contributed by atoms with Gasteiger partial charge in [-0.15, -0.1) is 0 Å². The van der Waals surface area contributed by atoms with Gasteiger partial charge in [0.25, 0.3) is 0 Å². The third-order valence-electron chi connectivity index (χ3n) is 2.45. The Labute approximate surface area is 97.6 Å². The molecule has 0 bridgehead atoms. The van der Waals surface area contributed by atoms with Crippen molar-refractivity contribution in [2.75, 3.05) is 13.2 Å². The van der Waals surface area contributed by atoms with Crippen LogP contribution in [0.5, 0.6) is 17.2 Å². The molecule has 92 valence electrons. The average molecular weight is 239 g/mol. The summed E-state index contributed by atoms with van der Waals surface area (Å²) in [5, 5.41) is 18.2. The Morgan fingerprint density at radius 2 is 2.12 bits per heavy atom. The molecule has 2 rings (SSSR count). The molecule has 1 unspecified atom stereocenters. The second-order valence-corrected chi connectivity index (χ2v) is 3.76. The van der Waals surface area contributed by atoms with Gasteiger partial charge in [-0.1, -0.05) is 0 Å². The van der Waals surface area contributed by atoms with Crippen LogP contribution in [0.3, 0.4) is 0 Å². The second-order valence-electron chi connectivity index (χ2n) is 3.76. The molecule has 0 aromatic heterocycles. The number of hydrogen-bond acceptors (Lipinski definition) is 5. The Kier molecular flexibility index (Phi) is 3.06. The second kappa shape index (κ2) is 4.50. The molecule has 1 aromatic carbocycles. The van der Waals surface area contributed by atoms with Crippen molar-refractivity contribution in [1.29, 1.82) is 0 Å². The minimum atomic E-state index is -1.01. The lowest BCUT2D eigenvalue weighted by atomic mass is 10.0. The molecule has 0 spiro atoms. The number of carbonyl (C=O) groups is 1. The third-order valence-corrected chi connectivity index (χ3v) is 2.45. The molecule has 1 heterocycles. The Bertz CT molecular complexity index is 446. The lowest BCUT2D eigenvalue weighted by Crippen LogP contribution is -2.21. The molecule has 6 nitrogen and oxygen atoms in total. The zero-order chi connectivity index (χ0) is 12.4. The van der Waals surface area contributed by atoms with E-state index in [1.165, 1.54) is 12.1 Å². The number of ether oxygens (including phenoxy) is 2. The summed E-state index contributed by atoms with van der Waals surface area (Å²) in [5.41, 5.74) is 6.21. The van der Waals surface area contributed by atoms with Crippen LogP contribution >= 0.6 is 0 Å². The first-order valence-corrected chi connectivity index (χ1v) is 5.18. The number of benzene rings is 1. The van der Waals surface area contributed by atoms with Crippen LogP contribution in [-0.2, 0) is 4.79 Å². The Balaban J connectivity index is 2.38. The van der Waals surface area contributed by atoms with Crippen LogP contribution in [0.25, 0.3) is 0 Å². The first-order chi connectivity index (χ1) is 8.08. The monoisotopic (exact) mass is 239 g/mol. The number of hydrogen-bond donors (Lipinski definition) is 3. The molecule has 0 aliphatic carbocycles. The van der Waals surface area contributed by atoms with Crippen LogP contribution in [0.15, 0.2) is 12.1 Å². The van der Waals surface area contributed by atoms with E-state index in [1.54, 1.807) is 0 Å². The summed E-state index contributed by atoms with van der Waals surface area (Å²) < 4.78 is 10.7. The molecular formula is C11H13NO5. The van der Waals surface area contributed by atoms with E-state index in [2.05, 4.69) is 0 Å². The van der Waals surface area contributed by atoms with Crippen molar-refractivity contribution < 1.29 is 24.5 Å². The minimum Gasteiger partial charge on any atom is -0.508 e. The van der Waals surface area contributed by atoms with E-state index in [1.807, 2.05) is 0 Å². The van der Waals surface area contributed by atoms with Gasteiger partial charge in [-0.25, -0.2) is 0 Å². The number of aromatic hydroxyl groups is 1. The fourth-order valence-corrected chi connectivity index (χ4v) is 1.74. The quantitative estimate of drug-likeness (QED) is 0.715. The van der Waals surface area contributed by atoms with Gasteiger partial charge in [-0.2, -0.15) is 0 Å². The van der Waals surface area contributed by atoms with Gasteiger partial charge in [0.1, 0.15) is 19.0 Å². The predicted molar refractivity (Wildman–Crippen MR) is 58.3 cm³/mol. The Hall–Kier alpha value is -1.95. The molecule has 0 amide bonds. The highest BCUT2D eigenvalue weighted by molar-refractivity contribution is 5.68. The van der Waals surface area contributed by atoms with E-state index in [9.17, 15) is 9.90 Å². The number of aliphatic carboxylic acids is 1. The van der Waals surface area contributed by atoms with Crippen molar-refractivity contribution in [2.45, 2.75) is 12.5 Å². The maximum Gasteiger partial charge on any atom is 0.305 e. The molecule has 0 saturated carbocycles. The number of fused-ring (bicyclic) bond motifs is 1. The van der Waals surface area contributed by atoms with Crippen LogP contribution in [0, 0.1) is 0 Å². The van der Waals surface area contributed by atoms with E-state index >= 15 is 0 Å². The van der Waals surface area contributed by atoms with Crippen LogP contribution in [0.1, 0.15) is 18.0 Å². The van der Waals surface area contributed by atoms with Gasteiger partial charge >= 0.3 is 5.97 Å². The number of phenolic OH excluding ortho intramolecular Hbond substituents is 1. The summed E-state index contributed by atoms with van der Waals surface area (Å²) >= 11 is 0. The predicted octanol–water partition coefficient (Wildman–Crippen LogP) is 0.638. The number of nitrogens with two attached hydrogens (primary N) is 1. The lowest BCUT2D eigenvalue weighted by Gasteiger charge is -2.23. The molecule has 1 aliphatic heterocycles. The molecule has 4 N–H and O–H groups in total. The van der Waals surface area contributed by atoms with Crippen molar-refractivity contribution in [3.63, 3.8) is 0 Å². The largest absolute Gasteiger partial charge is 0.508 e. The molecule has 0 radical (unpaired) electrons. The number of carboxylic acid groups (broad SMARTS) is 1. The van der Waals surface area contributed by atoms with Gasteiger partial charge in [0, 0.05) is 17.7 Å². The highest BCUT2D eigenvalue weighted by Gasteiger charge is 2.22. The van der Waals surface area contributed by atoms with Crippen molar-refractivity contribution >= 4 is 5.97 Å². The molecule has 1 aromatic rings. The lowest BCUT2D eigenvalue weighted by molar-refractivity contribution is -0.137. The smallest absolute Gasteiger partial charge is 0.305 e. The van der Waals surface area contributed by atoms with Gasteiger partial charge in [0.05, 0.1) is 6.42 Å². The van der Waals surface area contributed by atoms with E-state index in [-0.39, 0.29) is 12.2 Å². The standard InChI is InChI=1S/C11H13NO5/c12-8(5-10(14)15)7-3-6(13)4-9-11(7)17-2-1-16-9/h3-4,8,13H,1-2,5,12H2,(H,14,15). The summed E-state index contributed by atoms with van der Waals surface area (Å²) in [4.78, 5) is 10.6. The van der Waals surface area contributed by atoms with Gasteiger partial charge < -0.3 is 25.4 Å².